The minimum Gasteiger partial charge on any atom is -0.496 e. The molecular formula is C16H15Cl3O2. The molecule has 0 N–H and O–H groups in total. The zero-order valence-electron chi connectivity index (χ0n) is 11.9. The van der Waals surface area contributed by atoms with Gasteiger partial charge in [0.25, 0.3) is 0 Å². The van der Waals surface area contributed by atoms with Gasteiger partial charge in [-0.1, -0.05) is 40.9 Å². The fourth-order valence-corrected chi connectivity index (χ4v) is 3.03. The van der Waals surface area contributed by atoms with Gasteiger partial charge < -0.3 is 9.47 Å². The van der Waals surface area contributed by atoms with Gasteiger partial charge in [-0.05, 0) is 24.6 Å². The Kier molecular flexibility index (Phi) is 5.26. The lowest BCUT2D eigenvalue weighted by Gasteiger charge is -2.17. The third kappa shape index (κ3) is 3.39. The molecule has 0 aliphatic rings. The van der Waals surface area contributed by atoms with E-state index >= 15 is 0 Å². The van der Waals surface area contributed by atoms with Crippen LogP contribution in [0.3, 0.4) is 0 Å². The van der Waals surface area contributed by atoms with Crippen LogP contribution in [0.1, 0.15) is 22.1 Å². The zero-order chi connectivity index (χ0) is 15.6. The molecular weight excluding hydrogens is 331 g/mol. The molecule has 0 aromatic heterocycles. The summed E-state index contributed by atoms with van der Waals surface area (Å²) in [4.78, 5) is 0. The normalized spacial score (nSPS) is 12.1. The van der Waals surface area contributed by atoms with Crippen LogP contribution in [-0.4, -0.2) is 14.2 Å². The van der Waals surface area contributed by atoms with E-state index in [2.05, 4.69) is 0 Å². The van der Waals surface area contributed by atoms with Crippen LogP contribution in [0.4, 0.5) is 0 Å². The Hall–Kier alpha value is -1.09. The topological polar surface area (TPSA) is 18.5 Å². The highest BCUT2D eigenvalue weighted by atomic mass is 35.5. The van der Waals surface area contributed by atoms with Gasteiger partial charge in [-0.2, -0.15) is 0 Å². The number of hydrogen-bond acceptors (Lipinski definition) is 2. The van der Waals surface area contributed by atoms with Crippen LogP contribution in [0.5, 0.6) is 11.5 Å². The highest BCUT2D eigenvalue weighted by Crippen LogP contribution is 2.42. The average molecular weight is 346 g/mol. The van der Waals surface area contributed by atoms with Gasteiger partial charge in [-0.3, -0.25) is 0 Å². The van der Waals surface area contributed by atoms with Gasteiger partial charge in [-0.15, -0.1) is 11.6 Å². The third-order valence-electron chi connectivity index (χ3n) is 3.20. The molecule has 0 aliphatic heterocycles. The van der Waals surface area contributed by atoms with Crippen LogP contribution >= 0.6 is 34.8 Å². The second-order valence-electron chi connectivity index (χ2n) is 4.62. The lowest BCUT2D eigenvalue weighted by atomic mass is 10.0. The Morgan fingerprint density at radius 1 is 0.857 bits per heavy atom. The molecule has 0 saturated carbocycles. The van der Waals surface area contributed by atoms with Gasteiger partial charge in [-0.25, -0.2) is 0 Å². The molecule has 2 rings (SSSR count). The van der Waals surface area contributed by atoms with Crippen molar-refractivity contribution < 1.29 is 9.47 Å². The Morgan fingerprint density at radius 3 is 2.14 bits per heavy atom. The fraction of sp³-hybridized carbons (Fsp3) is 0.250. The number of hydrogen-bond donors (Lipinski definition) is 0. The number of aryl methyl sites for hydroxylation is 1. The minimum absolute atomic E-state index is 0.462. The van der Waals surface area contributed by atoms with Crippen LogP contribution in [0.2, 0.25) is 10.0 Å². The summed E-state index contributed by atoms with van der Waals surface area (Å²) in [6, 6.07) is 9.22. The summed E-state index contributed by atoms with van der Waals surface area (Å²) in [5.74, 6) is 1.23. The van der Waals surface area contributed by atoms with Gasteiger partial charge in [0.1, 0.15) is 11.5 Å². The van der Waals surface area contributed by atoms with Crippen molar-refractivity contribution in [3.63, 3.8) is 0 Å². The monoisotopic (exact) mass is 344 g/mol. The van der Waals surface area contributed by atoms with Crippen molar-refractivity contribution >= 4 is 34.8 Å². The summed E-state index contributed by atoms with van der Waals surface area (Å²) in [6.45, 7) is 2.00. The molecule has 0 heterocycles. The molecule has 1 unspecified atom stereocenters. The molecule has 112 valence electrons. The van der Waals surface area contributed by atoms with E-state index in [1.807, 2.05) is 25.1 Å². The van der Waals surface area contributed by atoms with E-state index in [4.69, 9.17) is 44.3 Å². The molecule has 0 amide bonds. The van der Waals surface area contributed by atoms with E-state index in [0.717, 1.165) is 11.1 Å². The summed E-state index contributed by atoms with van der Waals surface area (Å²) in [5.41, 5.74) is 2.66. The first kappa shape index (κ1) is 16.3. The maximum absolute atomic E-state index is 6.60. The highest BCUT2D eigenvalue weighted by molar-refractivity contribution is 6.36. The molecule has 0 spiro atoms. The zero-order valence-corrected chi connectivity index (χ0v) is 14.2. The molecule has 2 aromatic carbocycles. The van der Waals surface area contributed by atoms with Crippen LogP contribution in [0, 0.1) is 6.92 Å². The Labute approximate surface area is 139 Å². The van der Waals surface area contributed by atoms with Crippen molar-refractivity contribution in [2.75, 3.05) is 14.2 Å². The average Bonchev–Trinajstić information content (AvgIpc) is 2.48. The van der Waals surface area contributed by atoms with E-state index in [-0.39, 0.29) is 0 Å². The first-order chi connectivity index (χ1) is 9.97. The van der Waals surface area contributed by atoms with Crippen LogP contribution in [0.15, 0.2) is 30.3 Å². The lowest BCUT2D eigenvalue weighted by Crippen LogP contribution is -2.00. The van der Waals surface area contributed by atoms with E-state index in [0.29, 0.717) is 27.1 Å². The van der Waals surface area contributed by atoms with Crippen molar-refractivity contribution in [1.29, 1.82) is 0 Å². The fourth-order valence-electron chi connectivity index (χ4n) is 2.11. The van der Waals surface area contributed by atoms with Gasteiger partial charge in [0, 0.05) is 16.7 Å². The first-order valence-corrected chi connectivity index (χ1v) is 7.48. The molecule has 0 radical (unpaired) electrons. The predicted octanol–water partition coefficient (Wildman–Crippen LogP) is 5.65. The minimum atomic E-state index is -0.462. The molecule has 0 saturated heterocycles. The van der Waals surface area contributed by atoms with Crippen LogP contribution < -0.4 is 9.47 Å². The van der Waals surface area contributed by atoms with Gasteiger partial charge in [0.15, 0.2) is 0 Å². The quantitative estimate of drug-likeness (QED) is 0.667. The summed E-state index contributed by atoms with van der Waals surface area (Å²) in [7, 11) is 3.15. The van der Waals surface area contributed by atoms with Crippen LogP contribution in [0.25, 0.3) is 0 Å². The van der Waals surface area contributed by atoms with Crippen molar-refractivity contribution in [2.24, 2.45) is 0 Å². The summed E-state index contributed by atoms with van der Waals surface area (Å²) >= 11 is 19.1. The Morgan fingerprint density at radius 2 is 1.52 bits per heavy atom. The first-order valence-electron chi connectivity index (χ1n) is 6.29. The van der Waals surface area contributed by atoms with E-state index in [9.17, 15) is 0 Å². The van der Waals surface area contributed by atoms with Crippen molar-refractivity contribution in [2.45, 2.75) is 12.3 Å². The summed E-state index contributed by atoms with van der Waals surface area (Å²) in [6.07, 6.45) is 0. The van der Waals surface area contributed by atoms with Gasteiger partial charge in [0.2, 0.25) is 0 Å². The second kappa shape index (κ2) is 6.78. The van der Waals surface area contributed by atoms with Crippen molar-refractivity contribution in [3.8, 4) is 11.5 Å². The molecule has 1 atom stereocenters. The second-order valence-corrected chi connectivity index (χ2v) is 5.87. The van der Waals surface area contributed by atoms with E-state index in [1.165, 1.54) is 0 Å². The Bertz CT molecular complexity index is 656. The maximum Gasteiger partial charge on any atom is 0.138 e. The molecule has 0 bridgehead atoms. The summed E-state index contributed by atoms with van der Waals surface area (Å²) < 4.78 is 10.5. The molecule has 21 heavy (non-hydrogen) atoms. The molecule has 0 aliphatic carbocycles. The van der Waals surface area contributed by atoms with Gasteiger partial charge in [0.05, 0.1) is 24.6 Å². The molecule has 2 nitrogen and oxygen atoms in total. The predicted molar refractivity (Wildman–Crippen MR) is 88.4 cm³/mol. The standard InChI is InChI=1S/C16H15Cl3O2/c1-9-4-5-14(20-2)11(6-9)16(19)10-7-13(18)15(21-3)8-12(10)17/h4-8,16H,1-3H3. The SMILES string of the molecule is COc1cc(Cl)c(C(Cl)c2cc(C)ccc2OC)cc1Cl. The van der Waals surface area contributed by atoms with Gasteiger partial charge >= 0.3 is 0 Å². The number of rotatable bonds is 4. The largest absolute Gasteiger partial charge is 0.496 e. The molecule has 5 heteroatoms. The third-order valence-corrected chi connectivity index (χ3v) is 4.30. The number of alkyl halides is 1. The molecule has 2 aromatic rings. The summed E-state index contributed by atoms with van der Waals surface area (Å²) in [5, 5.41) is 0.504. The lowest BCUT2D eigenvalue weighted by molar-refractivity contribution is 0.410. The maximum atomic E-state index is 6.60. The number of benzene rings is 2. The Balaban J connectivity index is 2.52. The number of ether oxygens (including phenoxy) is 2. The van der Waals surface area contributed by atoms with E-state index < -0.39 is 5.38 Å². The molecule has 0 fully saturated rings. The highest BCUT2D eigenvalue weighted by Gasteiger charge is 2.20. The number of methoxy groups -OCH3 is 2. The van der Waals surface area contributed by atoms with Crippen LogP contribution in [-0.2, 0) is 0 Å². The number of halogens is 3. The van der Waals surface area contributed by atoms with Crippen molar-refractivity contribution in [1.82, 2.24) is 0 Å². The van der Waals surface area contributed by atoms with Crippen molar-refractivity contribution in [3.05, 3.63) is 57.1 Å². The van der Waals surface area contributed by atoms with E-state index in [1.54, 1.807) is 26.4 Å². The smallest absolute Gasteiger partial charge is 0.138 e.